The molecule has 0 radical (unpaired) electrons. The van der Waals surface area contributed by atoms with Crippen molar-refractivity contribution in [2.24, 2.45) is 0 Å². The summed E-state index contributed by atoms with van der Waals surface area (Å²) in [5.74, 6) is -2.72. The molecular weight excluding hydrogens is 543 g/mol. The maximum Gasteiger partial charge on any atom is 0.348 e. The number of hydrogen-bond acceptors (Lipinski definition) is 4. The van der Waals surface area contributed by atoms with Gasteiger partial charge in [0.25, 0.3) is 0 Å². The average Bonchev–Trinajstić information content (AvgIpc) is 2.70. The van der Waals surface area contributed by atoms with Gasteiger partial charge in [0.2, 0.25) is 5.67 Å². The van der Waals surface area contributed by atoms with Gasteiger partial charge < -0.3 is 9.84 Å². The quantitative estimate of drug-likeness (QED) is 0.450. The molecule has 7 heteroatoms. The minimum Gasteiger partial charge on any atom is -0.457 e. The molecule has 0 aromatic heterocycles. The summed E-state index contributed by atoms with van der Waals surface area (Å²) < 4.78 is 24.0. The van der Waals surface area contributed by atoms with Crippen molar-refractivity contribution in [2.75, 3.05) is 0 Å². The Labute approximate surface area is 204 Å². The van der Waals surface area contributed by atoms with Crippen LogP contribution in [0.15, 0.2) is 63.6 Å². The van der Waals surface area contributed by atoms with E-state index in [-0.39, 0.29) is 12.2 Å². The molecule has 0 bridgehead atoms. The molecule has 0 saturated heterocycles. The molecule has 0 heterocycles. The second kappa shape index (κ2) is 9.20. The first-order valence-corrected chi connectivity index (χ1v) is 11.8. The fraction of sp³-hybridized carbons (Fsp3) is 0.360. The molecule has 1 N–H and O–H groups in total. The monoisotopic (exact) mass is 566 g/mol. The van der Waals surface area contributed by atoms with Crippen molar-refractivity contribution < 1.29 is 23.8 Å². The minimum atomic E-state index is -2.87. The van der Waals surface area contributed by atoms with E-state index >= 15 is 4.39 Å². The molecule has 170 valence electrons. The number of carbonyl (C=O) groups is 2. The van der Waals surface area contributed by atoms with Crippen LogP contribution in [0.5, 0.6) is 0 Å². The molecule has 0 spiro atoms. The van der Waals surface area contributed by atoms with Gasteiger partial charge in [-0.15, -0.1) is 0 Å². The second-order valence-electron chi connectivity index (χ2n) is 9.05. The molecule has 32 heavy (non-hydrogen) atoms. The molecular formula is C25H25Br2FO4. The molecule has 3 atom stereocenters. The zero-order valence-corrected chi connectivity index (χ0v) is 21.2. The number of Topliss-reactive ketones (excluding diaryl/α,β-unsaturated/α-hetero) is 1. The van der Waals surface area contributed by atoms with Crippen LogP contribution in [-0.4, -0.2) is 33.7 Å². The average molecular weight is 568 g/mol. The highest BCUT2D eigenvalue weighted by molar-refractivity contribution is 9.10. The number of carbonyl (C=O) groups excluding carboxylic acids is 2. The Kier molecular flexibility index (Phi) is 7.13. The Morgan fingerprint density at radius 2 is 1.62 bits per heavy atom. The van der Waals surface area contributed by atoms with E-state index in [0.29, 0.717) is 11.1 Å². The maximum absolute atomic E-state index is 17.0. The van der Waals surface area contributed by atoms with E-state index < -0.39 is 35.2 Å². The third-order valence-electron chi connectivity index (χ3n) is 5.40. The smallest absolute Gasteiger partial charge is 0.348 e. The zero-order chi connectivity index (χ0) is 23.7. The number of benzene rings is 2. The van der Waals surface area contributed by atoms with Gasteiger partial charge in [0.05, 0.1) is 0 Å². The van der Waals surface area contributed by atoms with Crippen LogP contribution >= 0.6 is 31.9 Å². The van der Waals surface area contributed by atoms with Crippen molar-refractivity contribution in [2.45, 2.75) is 56.4 Å². The molecule has 1 aliphatic carbocycles. The maximum atomic E-state index is 17.0. The second-order valence-corrected chi connectivity index (χ2v) is 10.9. The Bertz CT molecular complexity index is 1030. The number of esters is 1. The molecule has 3 rings (SSSR count). The van der Waals surface area contributed by atoms with Gasteiger partial charge in [-0.05, 0) is 62.2 Å². The summed E-state index contributed by atoms with van der Waals surface area (Å²) in [4.78, 5) is 25.9. The van der Waals surface area contributed by atoms with Gasteiger partial charge in [0.1, 0.15) is 17.0 Å². The van der Waals surface area contributed by atoms with Crippen molar-refractivity contribution >= 4 is 49.7 Å². The van der Waals surface area contributed by atoms with E-state index in [1.807, 2.05) is 0 Å². The molecule has 0 aliphatic heterocycles. The number of ether oxygens (including phenoxy) is 1. The molecule has 0 unspecified atom stereocenters. The van der Waals surface area contributed by atoms with Crippen molar-refractivity contribution in [3.8, 4) is 0 Å². The molecule has 4 nitrogen and oxygen atoms in total. The van der Waals surface area contributed by atoms with E-state index in [2.05, 4.69) is 31.9 Å². The summed E-state index contributed by atoms with van der Waals surface area (Å²) in [6, 6.07) is 13.9. The van der Waals surface area contributed by atoms with Crippen molar-refractivity contribution in [3.05, 3.63) is 74.7 Å². The minimum absolute atomic E-state index is 0.216. The highest BCUT2D eigenvalue weighted by Crippen LogP contribution is 2.50. The summed E-state index contributed by atoms with van der Waals surface area (Å²) >= 11 is 6.69. The van der Waals surface area contributed by atoms with E-state index in [0.717, 1.165) is 8.95 Å². The Morgan fingerprint density at radius 3 is 2.16 bits per heavy atom. The van der Waals surface area contributed by atoms with Crippen LogP contribution in [-0.2, 0) is 14.3 Å². The van der Waals surface area contributed by atoms with Crippen LogP contribution in [0.4, 0.5) is 4.39 Å². The van der Waals surface area contributed by atoms with E-state index in [4.69, 9.17) is 4.74 Å². The van der Waals surface area contributed by atoms with Gasteiger partial charge in [-0.2, -0.15) is 0 Å². The number of alkyl halides is 1. The predicted octanol–water partition coefficient (Wildman–Crippen LogP) is 6.15. The van der Waals surface area contributed by atoms with Crippen LogP contribution in [0, 0.1) is 0 Å². The fourth-order valence-corrected chi connectivity index (χ4v) is 4.40. The van der Waals surface area contributed by atoms with Crippen LogP contribution in [0.25, 0.3) is 6.08 Å². The SMILES string of the molecule is CC(C)(C)OC(=O)[C@@]1(F)[C@H](c2ccc(Br)cc2)CC(=O)C[C@]1(O)/C=C/c1ccc(Br)cc1. The van der Waals surface area contributed by atoms with E-state index in [9.17, 15) is 14.7 Å². The molecule has 2 aromatic rings. The lowest BCUT2D eigenvalue weighted by atomic mass is 9.63. The Balaban J connectivity index is 2.13. The first kappa shape index (κ1) is 24.8. The zero-order valence-electron chi connectivity index (χ0n) is 18.1. The lowest BCUT2D eigenvalue weighted by Crippen LogP contribution is -2.63. The van der Waals surface area contributed by atoms with Crippen LogP contribution < -0.4 is 0 Å². The highest BCUT2D eigenvalue weighted by Gasteiger charge is 2.66. The largest absolute Gasteiger partial charge is 0.457 e. The van der Waals surface area contributed by atoms with Gasteiger partial charge in [0, 0.05) is 27.7 Å². The molecule has 1 saturated carbocycles. The first-order chi connectivity index (χ1) is 14.8. The topological polar surface area (TPSA) is 63.6 Å². The van der Waals surface area contributed by atoms with Crippen LogP contribution in [0.3, 0.4) is 0 Å². The Morgan fingerprint density at radius 1 is 1.09 bits per heavy atom. The van der Waals surface area contributed by atoms with Crippen molar-refractivity contribution in [3.63, 3.8) is 0 Å². The Hall–Kier alpha value is -1.83. The van der Waals surface area contributed by atoms with Crippen LogP contribution in [0.1, 0.15) is 50.7 Å². The fourth-order valence-electron chi connectivity index (χ4n) is 3.87. The lowest BCUT2D eigenvalue weighted by molar-refractivity contribution is -0.194. The third kappa shape index (κ3) is 5.21. The number of ketones is 1. The molecule has 0 amide bonds. The van der Waals surface area contributed by atoms with Crippen LogP contribution in [0.2, 0.25) is 0 Å². The van der Waals surface area contributed by atoms with Gasteiger partial charge >= 0.3 is 5.97 Å². The normalized spacial score (nSPS) is 26.3. The number of aliphatic hydroxyl groups is 1. The summed E-state index contributed by atoms with van der Waals surface area (Å²) in [5.41, 5.74) is -5.10. The lowest BCUT2D eigenvalue weighted by Gasteiger charge is -2.46. The summed E-state index contributed by atoms with van der Waals surface area (Å²) in [5, 5.41) is 11.5. The van der Waals surface area contributed by atoms with E-state index in [1.54, 1.807) is 69.3 Å². The standard InChI is InChI=1S/C25H25Br2FO4/c1-23(2,3)32-22(30)25(28)21(17-6-10-19(27)11-7-17)14-20(29)15-24(25,31)13-12-16-4-8-18(26)9-5-16/h4-13,21,31H,14-15H2,1-3H3/b13-12+/t21-,24+,25-/m0/s1. The highest BCUT2D eigenvalue weighted by atomic mass is 79.9. The predicted molar refractivity (Wildman–Crippen MR) is 129 cm³/mol. The van der Waals surface area contributed by atoms with Gasteiger partial charge in [-0.25, -0.2) is 9.18 Å². The number of halogens is 3. The summed E-state index contributed by atoms with van der Waals surface area (Å²) in [6.45, 7) is 4.90. The molecule has 2 aromatic carbocycles. The first-order valence-electron chi connectivity index (χ1n) is 10.2. The molecule has 1 fully saturated rings. The number of hydrogen-bond donors (Lipinski definition) is 1. The number of rotatable bonds is 4. The van der Waals surface area contributed by atoms with Gasteiger partial charge in [-0.1, -0.05) is 62.2 Å². The third-order valence-corrected chi connectivity index (χ3v) is 6.46. The molecule has 1 aliphatic rings. The van der Waals surface area contributed by atoms with Crippen molar-refractivity contribution in [1.29, 1.82) is 0 Å². The van der Waals surface area contributed by atoms with Gasteiger partial charge in [0.15, 0.2) is 0 Å². The van der Waals surface area contributed by atoms with Crippen molar-refractivity contribution in [1.82, 2.24) is 0 Å². The summed E-state index contributed by atoms with van der Waals surface area (Å²) in [6.07, 6.45) is 1.99. The van der Waals surface area contributed by atoms with E-state index in [1.165, 1.54) is 12.2 Å². The summed E-state index contributed by atoms with van der Waals surface area (Å²) in [7, 11) is 0. The van der Waals surface area contributed by atoms with Gasteiger partial charge in [-0.3, -0.25) is 4.79 Å².